The molecule has 14 heavy (non-hydrogen) atoms. The standard InChI is InChI=1S/C8H10O5S/c9-5-6-13-7-1-3-8(4-2-7)14(10,11)12/h1-4,9H,5-6H2,(H,10,11,12). The number of ether oxygens (including phenoxy) is 1. The van der Waals surface area contributed by atoms with Crippen LogP contribution in [-0.2, 0) is 10.1 Å². The molecule has 6 heteroatoms. The van der Waals surface area contributed by atoms with E-state index in [0.29, 0.717) is 5.75 Å². The van der Waals surface area contributed by atoms with Crippen LogP contribution in [0.3, 0.4) is 0 Å². The van der Waals surface area contributed by atoms with Crippen LogP contribution in [0.1, 0.15) is 0 Å². The molecule has 0 aliphatic carbocycles. The van der Waals surface area contributed by atoms with Crippen molar-refractivity contribution in [3.8, 4) is 5.75 Å². The average molecular weight is 218 g/mol. The Bertz CT molecular complexity index is 381. The highest BCUT2D eigenvalue weighted by molar-refractivity contribution is 7.85. The lowest BCUT2D eigenvalue weighted by molar-refractivity contribution is 0.201. The van der Waals surface area contributed by atoms with Gasteiger partial charge in [0, 0.05) is 0 Å². The SMILES string of the molecule is O=S(=O)(O)c1ccc(OCCO)cc1. The van der Waals surface area contributed by atoms with Crippen LogP contribution >= 0.6 is 0 Å². The molecule has 0 spiro atoms. The highest BCUT2D eigenvalue weighted by atomic mass is 32.2. The zero-order valence-electron chi connectivity index (χ0n) is 7.25. The summed E-state index contributed by atoms with van der Waals surface area (Å²) in [6.45, 7) is 0.0330. The molecule has 0 heterocycles. The Hall–Kier alpha value is -1.11. The summed E-state index contributed by atoms with van der Waals surface area (Å²) < 4.78 is 34.9. The van der Waals surface area contributed by atoms with Gasteiger partial charge in [0.15, 0.2) is 0 Å². The maximum absolute atomic E-state index is 10.6. The third kappa shape index (κ3) is 2.99. The molecule has 2 N–H and O–H groups in total. The predicted molar refractivity (Wildman–Crippen MR) is 48.8 cm³/mol. The molecule has 0 fully saturated rings. The van der Waals surface area contributed by atoms with E-state index in [9.17, 15) is 8.42 Å². The Labute approximate surface area is 81.7 Å². The number of aliphatic hydroxyl groups is 1. The van der Waals surface area contributed by atoms with Gasteiger partial charge in [0.05, 0.1) is 11.5 Å². The highest BCUT2D eigenvalue weighted by Crippen LogP contribution is 2.15. The van der Waals surface area contributed by atoms with Gasteiger partial charge in [-0.25, -0.2) is 0 Å². The summed E-state index contributed by atoms with van der Waals surface area (Å²) in [5.41, 5.74) is 0. The van der Waals surface area contributed by atoms with Crippen LogP contribution in [0.5, 0.6) is 5.75 Å². The summed E-state index contributed by atoms with van der Waals surface area (Å²) in [5.74, 6) is 0.437. The maximum Gasteiger partial charge on any atom is 0.294 e. The van der Waals surface area contributed by atoms with Crippen molar-refractivity contribution in [1.82, 2.24) is 0 Å². The van der Waals surface area contributed by atoms with E-state index in [2.05, 4.69) is 0 Å². The number of benzene rings is 1. The molecule has 0 unspecified atom stereocenters. The molecule has 1 aromatic carbocycles. The van der Waals surface area contributed by atoms with Gasteiger partial charge < -0.3 is 9.84 Å². The second kappa shape index (κ2) is 4.41. The molecule has 0 bridgehead atoms. The molecular weight excluding hydrogens is 208 g/mol. The van der Waals surface area contributed by atoms with Gasteiger partial charge in [-0.2, -0.15) is 8.42 Å². The van der Waals surface area contributed by atoms with Gasteiger partial charge in [-0.15, -0.1) is 0 Å². The van der Waals surface area contributed by atoms with E-state index >= 15 is 0 Å². The Kier molecular flexibility index (Phi) is 3.45. The zero-order chi connectivity index (χ0) is 10.6. The van der Waals surface area contributed by atoms with Crippen molar-refractivity contribution < 1.29 is 22.8 Å². The fourth-order valence-electron chi connectivity index (χ4n) is 0.871. The van der Waals surface area contributed by atoms with E-state index in [-0.39, 0.29) is 18.1 Å². The van der Waals surface area contributed by atoms with E-state index in [0.717, 1.165) is 0 Å². The Morgan fingerprint density at radius 1 is 1.21 bits per heavy atom. The second-order valence-corrected chi connectivity index (χ2v) is 3.94. The van der Waals surface area contributed by atoms with Gasteiger partial charge in [-0.1, -0.05) is 0 Å². The topological polar surface area (TPSA) is 83.8 Å². The fraction of sp³-hybridized carbons (Fsp3) is 0.250. The highest BCUT2D eigenvalue weighted by Gasteiger charge is 2.08. The Morgan fingerprint density at radius 2 is 1.79 bits per heavy atom. The van der Waals surface area contributed by atoms with Crippen molar-refractivity contribution in [3.63, 3.8) is 0 Å². The normalized spacial score (nSPS) is 11.3. The maximum atomic E-state index is 10.6. The molecule has 1 rings (SSSR count). The van der Waals surface area contributed by atoms with Gasteiger partial charge in [0.1, 0.15) is 12.4 Å². The van der Waals surface area contributed by atoms with Gasteiger partial charge >= 0.3 is 0 Å². The molecule has 0 aliphatic heterocycles. The molecule has 0 atom stereocenters. The molecule has 0 amide bonds. The lowest BCUT2D eigenvalue weighted by atomic mass is 10.3. The Balaban J connectivity index is 2.79. The van der Waals surface area contributed by atoms with Crippen molar-refractivity contribution >= 4 is 10.1 Å². The minimum atomic E-state index is -4.15. The summed E-state index contributed by atoms with van der Waals surface area (Å²) >= 11 is 0. The van der Waals surface area contributed by atoms with Crippen LogP contribution in [-0.4, -0.2) is 31.3 Å². The van der Waals surface area contributed by atoms with Gasteiger partial charge in [0.25, 0.3) is 10.1 Å². The van der Waals surface area contributed by atoms with Crippen molar-refractivity contribution in [2.24, 2.45) is 0 Å². The smallest absolute Gasteiger partial charge is 0.294 e. The first-order valence-corrected chi connectivity index (χ1v) is 5.29. The van der Waals surface area contributed by atoms with E-state index in [4.69, 9.17) is 14.4 Å². The van der Waals surface area contributed by atoms with Crippen molar-refractivity contribution in [2.45, 2.75) is 4.90 Å². The molecule has 1 aromatic rings. The van der Waals surface area contributed by atoms with E-state index in [1.165, 1.54) is 24.3 Å². The van der Waals surface area contributed by atoms with Crippen LogP contribution < -0.4 is 4.74 Å². The third-order valence-corrected chi connectivity index (χ3v) is 2.35. The zero-order valence-corrected chi connectivity index (χ0v) is 8.07. The van der Waals surface area contributed by atoms with E-state index in [1.807, 2.05) is 0 Å². The second-order valence-electron chi connectivity index (χ2n) is 2.52. The van der Waals surface area contributed by atoms with Crippen LogP contribution in [0.15, 0.2) is 29.2 Å². The number of hydrogen-bond donors (Lipinski definition) is 2. The first-order valence-electron chi connectivity index (χ1n) is 3.85. The molecule has 0 saturated heterocycles. The lowest BCUT2D eigenvalue weighted by Crippen LogP contribution is -2.02. The van der Waals surface area contributed by atoms with Gasteiger partial charge in [0.2, 0.25) is 0 Å². The van der Waals surface area contributed by atoms with Crippen molar-refractivity contribution in [3.05, 3.63) is 24.3 Å². The molecule has 5 nitrogen and oxygen atoms in total. The van der Waals surface area contributed by atoms with E-state index < -0.39 is 10.1 Å². The average Bonchev–Trinajstić information content (AvgIpc) is 2.14. The molecule has 0 saturated carbocycles. The van der Waals surface area contributed by atoms with Crippen LogP contribution in [0, 0.1) is 0 Å². The van der Waals surface area contributed by atoms with Crippen LogP contribution in [0.25, 0.3) is 0 Å². The van der Waals surface area contributed by atoms with Crippen LogP contribution in [0.2, 0.25) is 0 Å². The summed E-state index contributed by atoms with van der Waals surface area (Å²) in [4.78, 5) is -0.186. The summed E-state index contributed by atoms with van der Waals surface area (Å²) in [6, 6.07) is 5.25. The molecule has 0 aromatic heterocycles. The molecular formula is C8H10O5S. The number of rotatable bonds is 4. The van der Waals surface area contributed by atoms with Gasteiger partial charge in [-0.05, 0) is 24.3 Å². The third-order valence-electron chi connectivity index (χ3n) is 1.48. The quantitative estimate of drug-likeness (QED) is 0.710. The van der Waals surface area contributed by atoms with Crippen molar-refractivity contribution in [2.75, 3.05) is 13.2 Å². The molecule has 78 valence electrons. The summed E-state index contributed by atoms with van der Waals surface area (Å²) in [6.07, 6.45) is 0. The first-order chi connectivity index (χ1) is 6.54. The number of hydrogen-bond acceptors (Lipinski definition) is 4. The van der Waals surface area contributed by atoms with E-state index in [1.54, 1.807) is 0 Å². The predicted octanol–water partition coefficient (Wildman–Crippen LogP) is 0.304. The minimum absolute atomic E-state index is 0.111. The summed E-state index contributed by atoms with van der Waals surface area (Å²) in [5, 5.41) is 8.45. The molecule has 0 radical (unpaired) electrons. The van der Waals surface area contributed by atoms with Gasteiger partial charge in [-0.3, -0.25) is 4.55 Å². The summed E-state index contributed by atoms with van der Waals surface area (Å²) in [7, 11) is -4.15. The van der Waals surface area contributed by atoms with Crippen LogP contribution in [0.4, 0.5) is 0 Å². The molecule has 0 aliphatic rings. The van der Waals surface area contributed by atoms with Crippen molar-refractivity contribution in [1.29, 1.82) is 0 Å². The first kappa shape index (κ1) is 11.0. The largest absolute Gasteiger partial charge is 0.491 e. The lowest BCUT2D eigenvalue weighted by Gasteiger charge is -2.03. The Morgan fingerprint density at radius 3 is 2.21 bits per heavy atom. The minimum Gasteiger partial charge on any atom is -0.491 e. The number of aliphatic hydroxyl groups excluding tert-OH is 1. The fourth-order valence-corrected chi connectivity index (χ4v) is 1.35. The monoisotopic (exact) mass is 218 g/mol.